The van der Waals surface area contributed by atoms with E-state index in [1.54, 1.807) is 23.7 Å². The van der Waals surface area contributed by atoms with Crippen LogP contribution in [0.15, 0.2) is 78.3 Å². The molecule has 142 valence electrons. The molecule has 5 nitrogen and oxygen atoms in total. The first kappa shape index (κ1) is 19.6. The summed E-state index contributed by atoms with van der Waals surface area (Å²) in [5.41, 5.74) is 2.10. The van der Waals surface area contributed by atoms with Crippen molar-refractivity contribution in [1.82, 2.24) is 4.98 Å². The van der Waals surface area contributed by atoms with Crippen LogP contribution in [0.4, 0.5) is 5.69 Å². The molecule has 0 spiro atoms. The third-order valence-electron chi connectivity index (χ3n) is 4.05. The Kier molecular flexibility index (Phi) is 5.62. The molecule has 4 aromatic rings. The van der Waals surface area contributed by atoms with Gasteiger partial charge in [0.05, 0.1) is 11.3 Å². The van der Waals surface area contributed by atoms with Gasteiger partial charge in [0.25, 0.3) is 0 Å². The molecule has 0 aliphatic heterocycles. The molecule has 8 heteroatoms. The van der Waals surface area contributed by atoms with Crippen molar-refractivity contribution >= 4 is 65.4 Å². The lowest BCUT2D eigenvalue weighted by molar-refractivity contribution is 0.563. The minimum Gasteiger partial charge on any atom is -0.422 e. The smallest absolute Gasteiger partial charge is 0.345 e. The minimum atomic E-state index is -0.466. The average Bonchev–Trinajstić information content (AvgIpc) is 3.19. The standard InChI is InChI=1S/C21H11Br2N3O2S/c22-14-1-4-16(5-2-14)25-10-13(9-24)20-26-18(11-29-20)17-8-12-7-15(23)3-6-19(12)28-21(17)27/h1-8,10-11,25H. The molecule has 4 rings (SSSR count). The largest absolute Gasteiger partial charge is 0.422 e. The van der Waals surface area contributed by atoms with E-state index in [0.29, 0.717) is 27.4 Å². The Hall–Kier alpha value is -2.73. The van der Waals surface area contributed by atoms with Crippen LogP contribution in [0, 0.1) is 11.3 Å². The SMILES string of the molecule is N#CC(=CNc1ccc(Br)cc1)c1nc(-c2cc3cc(Br)ccc3oc2=O)cs1. The molecule has 2 aromatic heterocycles. The van der Waals surface area contributed by atoms with Gasteiger partial charge in [0.1, 0.15) is 22.2 Å². The van der Waals surface area contributed by atoms with Crippen LogP contribution < -0.4 is 10.9 Å². The summed E-state index contributed by atoms with van der Waals surface area (Å²) in [6.45, 7) is 0. The molecule has 0 radical (unpaired) electrons. The number of nitriles is 1. The van der Waals surface area contributed by atoms with E-state index in [1.807, 2.05) is 36.4 Å². The number of halogens is 2. The Morgan fingerprint density at radius 2 is 1.90 bits per heavy atom. The molecule has 0 bridgehead atoms. The molecule has 0 unspecified atom stereocenters. The van der Waals surface area contributed by atoms with Crippen LogP contribution in [0.1, 0.15) is 5.01 Å². The number of hydrogen-bond acceptors (Lipinski definition) is 6. The third-order valence-corrected chi connectivity index (χ3v) is 5.95. The van der Waals surface area contributed by atoms with Gasteiger partial charge in [0.15, 0.2) is 0 Å². The highest BCUT2D eigenvalue weighted by atomic mass is 79.9. The fourth-order valence-electron chi connectivity index (χ4n) is 2.64. The van der Waals surface area contributed by atoms with E-state index >= 15 is 0 Å². The number of fused-ring (bicyclic) bond motifs is 1. The summed E-state index contributed by atoms with van der Waals surface area (Å²) in [6, 6.07) is 16.9. The monoisotopic (exact) mass is 527 g/mol. The maximum Gasteiger partial charge on any atom is 0.345 e. The second-order valence-electron chi connectivity index (χ2n) is 5.99. The van der Waals surface area contributed by atoms with E-state index in [9.17, 15) is 10.1 Å². The summed E-state index contributed by atoms with van der Waals surface area (Å²) in [6.07, 6.45) is 1.60. The summed E-state index contributed by atoms with van der Waals surface area (Å²) < 4.78 is 7.26. The average molecular weight is 529 g/mol. The van der Waals surface area contributed by atoms with E-state index < -0.39 is 5.63 Å². The van der Waals surface area contributed by atoms with E-state index in [4.69, 9.17) is 4.42 Å². The molecule has 29 heavy (non-hydrogen) atoms. The van der Waals surface area contributed by atoms with Gasteiger partial charge in [-0.1, -0.05) is 31.9 Å². The number of nitrogens with one attached hydrogen (secondary N) is 1. The van der Waals surface area contributed by atoms with Crippen LogP contribution in [0.5, 0.6) is 0 Å². The molecule has 0 aliphatic carbocycles. The molecule has 0 saturated heterocycles. The van der Waals surface area contributed by atoms with Crippen molar-refractivity contribution in [3.8, 4) is 17.3 Å². The lowest BCUT2D eigenvalue weighted by Gasteiger charge is -2.01. The number of hydrogen-bond donors (Lipinski definition) is 1. The number of allylic oxidation sites excluding steroid dienone is 1. The fourth-order valence-corrected chi connectivity index (χ4v) is 4.07. The second kappa shape index (κ2) is 8.33. The van der Waals surface area contributed by atoms with Gasteiger partial charge in [0, 0.05) is 31.6 Å². The number of nitrogens with zero attached hydrogens (tertiary/aromatic N) is 2. The summed E-state index contributed by atoms with van der Waals surface area (Å²) >= 11 is 8.10. The zero-order valence-corrected chi connectivity index (χ0v) is 18.6. The van der Waals surface area contributed by atoms with Crippen molar-refractivity contribution in [3.05, 3.63) is 84.5 Å². The zero-order chi connectivity index (χ0) is 20.4. The summed E-state index contributed by atoms with van der Waals surface area (Å²) in [5.74, 6) is 0. The fraction of sp³-hybridized carbons (Fsp3) is 0. The Morgan fingerprint density at radius 1 is 1.14 bits per heavy atom. The van der Waals surface area contributed by atoms with Crippen molar-refractivity contribution in [1.29, 1.82) is 5.26 Å². The molecule has 1 N–H and O–H groups in total. The quantitative estimate of drug-likeness (QED) is 0.244. The predicted octanol–water partition coefficient (Wildman–Crippen LogP) is 6.42. The molecular formula is C21H11Br2N3O2S. The van der Waals surface area contributed by atoms with Crippen molar-refractivity contribution in [2.45, 2.75) is 0 Å². The number of thiazole rings is 1. The topological polar surface area (TPSA) is 78.9 Å². The van der Waals surface area contributed by atoms with Gasteiger partial charge in [-0.3, -0.25) is 0 Å². The van der Waals surface area contributed by atoms with Crippen molar-refractivity contribution in [2.24, 2.45) is 0 Å². The van der Waals surface area contributed by atoms with Gasteiger partial charge >= 0.3 is 5.63 Å². The van der Waals surface area contributed by atoms with Gasteiger partial charge < -0.3 is 9.73 Å². The highest BCUT2D eigenvalue weighted by molar-refractivity contribution is 9.10. The van der Waals surface area contributed by atoms with E-state index in [-0.39, 0.29) is 0 Å². The van der Waals surface area contributed by atoms with E-state index in [1.165, 1.54) is 11.3 Å². The molecular weight excluding hydrogens is 518 g/mol. The lowest BCUT2D eigenvalue weighted by Crippen LogP contribution is -2.03. The summed E-state index contributed by atoms with van der Waals surface area (Å²) in [4.78, 5) is 16.9. The predicted molar refractivity (Wildman–Crippen MR) is 123 cm³/mol. The molecule has 0 atom stereocenters. The Bertz CT molecular complexity index is 1330. The Morgan fingerprint density at radius 3 is 2.66 bits per heavy atom. The highest BCUT2D eigenvalue weighted by Crippen LogP contribution is 2.27. The van der Waals surface area contributed by atoms with Gasteiger partial charge in [0.2, 0.25) is 0 Å². The highest BCUT2D eigenvalue weighted by Gasteiger charge is 2.14. The van der Waals surface area contributed by atoms with Crippen LogP contribution >= 0.6 is 43.2 Å². The molecule has 0 amide bonds. The number of benzene rings is 2. The third kappa shape index (κ3) is 4.32. The molecule has 2 aromatic carbocycles. The maximum absolute atomic E-state index is 12.4. The van der Waals surface area contributed by atoms with Crippen molar-refractivity contribution in [2.75, 3.05) is 5.32 Å². The first-order chi connectivity index (χ1) is 14.0. The second-order valence-corrected chi connectivity index (χ2v) is 8.68. The lowest BCUT2D eigenvalue weighted by atomic mass is 10.1. The van der Waals surface area contributed by atoms with Gasteiger partial charge in [-0.2, -0.15) is 5.26 Å². The zero-order valence-electron chi connectivity index (χ0n) is 14.6. The van der Waals surface area contributed by atoms with Gasteiger partial charge in [-0.25, -0.2) is 9.78 Å². The Balaban J connectivity index is 1.66. The normalized spacial score (nSPS) is 11.4. The van der Waals surface area contributed by atoms with Crippen LogP contribution in [-0.4, -0.2) is 4.98 Å². The van der Waals surface area contributed by atoms with Crippen LogP contribution in [0.2, 0.25) is 0 Å². The molecule has 0 aliphatic rings. The van der Waals surface area contributed by atoms with Crippen LogP contribution in [0.3, 0.4) is 0 Å². The number of rotatable bonds is 4. The first-order valence-corrected chi connectivity index (χ1v) is 10.8. The summed E-state index contributed by atoms with van der Waals surface area (Å²) in [5, 5.41) is 15.7. The number of anilines is 1. The first-order valence-electron chi connectivity index (χ1n) is 8.35. The Labute approximate surface area is 186 Å². The van der Waals surface area contributed by atoms with Crippen molar-refractivity contribution in [3.63, 3.8) is 0 Å². The molecule has 2 heterocycles. The maximum atomic E-state index is 12.4. The van der Waals surface area contributed by atoms with Gasteiger partial charge in [-0.05, 0) is 48.5 Å². The minimum absolute atomic E-state index is 0.358. The summed E-state index contributed by atoms with van der Waals surface area (Å²) in [7, 11) is 0. The van der Waals surface area contributed by atoms with Crippen LogP contribution in [0.25, 0.3) is 27.8 Å². The molecule has 0 fully saturated rings. The van der Waals surface area contributed by atoms with E-state index in [0.717, 1.165) is 20.0 Å². The van der Waals surface area contributed by atoms with E-state index in [2.05, 4.69) is 48.2 Å². The molecule has 0 saturated carbocycles. The van der Waals surface area contributed by atoms with Crippen LogP contribution in [-0.2, 0) is 0 Å². The van der Waals surface area contributed by atoms with Crippen molar-refractivity contribution < 1.29 is 4.42 Å². The number of aromatic nitrogens is 1. The van der Waals surface area contributed by atoms with Gasteiger partial charge in [-0.15, -0.1) is 11.3 Å².